The van der Waals surface area contributed by atoms with Gasteiger partial charge in [0.2, 0.25) is 5.91 Å². The molecule has 0 radical (unpaired) electrons. The van der Waals surface area contributed by atoms with Gasteiger partial charge >= 0.3 is 0 Å². The summed E-state index contributed by atoms with van der Waals surface area (Å²) in [5, 5.41) is 4.24. The van der Waals surface area contributed by atoms with Crippen molar-refractivity contribution in [1.82, 2.24) is 10.3 Å². The highest BCUT2D eigenvalue weighted by molar-refractivity contribution is 7.18. The van der Waals surface area contributed by atoms with Gasteiger partial charge < -0.3 is 11.1 Å². The van der Waals surface area contributed by atoms with Gasteiger partial charge in [0.1, 0.15) is 0 Å². The molecule has 1 atom stereocenters. The number of amides is 1. The van der Waals surface area contributed by atoms with Crippen molar-refractivity contribution in [3.8, 4) is 0 Å². The largest absolute Gasteiger partial charge is 0.352 e. The zero-order chi connectivity index (χ0) is 15.4. The summed E-state index contributed by atoms with van der Waals surface area (Å²) in [5.41, 5.74) is 6.79. The lowest BCUT2D eigenvalue weighted by atomic mass is 10.1. The SMILES string of the molecule is NCC(NC(=O)CCCCc1nc2ccccc2s1)C1CC1. The predicted molar refractivity (Wildman–Crippen MR) is 90.9 cm³/mol. The molecule has 1 heterocycles. The molecule has 5 heteroatoms. The normalized spacial score (nSPS) is 15.9. The van der Waals surface area contributed by atoms with Crippen LogP contribution in [0.1, 0.15) is 37.1 Å². The average Bonchev–Trinajstić information content (AvgIpc) is 3.28. The molecule has 1 aromatic heterocycles. The van der Waals surface area contributed by atoms with Gasteiger partial charge in [-0.05, 0) is 50.2 Å². The van der Waals surface area contributed by atoms with Gasteiger partial charge in [0.15, 0.2) is 0 Å². The van der Waals surface area contributed by atoms with E-state index in [-0.39, 0.29) is 11.9 Å². The molecule has 1 unspecified atom stereocenters. The molecule has 22 heavy (non-hydrogen) atoms. The zero-order valence-electron chi connectivity index (χ0n) is 12.8. The topological polar surface area (TPSA) is 68.0 Å². The van der Waals surface area contributed by atoms with Crippen LogP contribution < -0.4 is 11.1 Å². The van der Waals surface area contributed by atoms with E-state index in [9.17, 15) is 4.79 Å². The molecule has 0 bridgehead atoms. The van der Waals surface area contributed by atoms with Crippen LogP contribution in [0.4, 0.5) is 0 Å². The molecule has 4 nitrogen and oxygen atoms in total. The van der Waals surface area contributed by atoms with Crippen LogP contribution >= 0.6 is 11.3 Å². The number of nitrogens with zero attached hydrogens (tertiary/aromatic N) is 1. The Morgan fingerprint density at radius 2 is 2.18 bits per heavy atom. The lowest BCUT2D eigenvalue weighted by Gasteiger charge is -2.15. The molecule has 0 spiro atoms. The minimum absolute atomic E-state index is 0.145. The number of rotatable bonds is 8. The Morgan fingerprint density at radius 3 is 2.91 bits per heavy atom. The Kier molecular flexibility index (Phi) is 5.05. The van der Waals surface area contributed by atoms with Crippen molar-refractivity contribution in [2.75, 3.05) is 6.54 Å². The summed E-state index contributed by atoms with van der Waals surface area (Å²) in [6, 6.07) is 8.41. The number of fused-ring (bicyclic) bond motifs is 1. The Hall–Kier alpha value is -1.46. The number of aryl methyl sites for hydroxylation is 1. The van der Waals surface area contributed by atoms with E-state index in [1.54, 1.807) is 11.3 Å². The van der Waals surface area contributed by atoms with Crippen molar-refractivity contribution in [1.29, 1.82) is 0 Å². The number of nitrogens with one attached hydrogen (secondary N) is 1. The van der Waals surface area contributed by atoms with Gasteiger partial charge in [-0.1, -0.05) is 12.1 Å². The van der Waals surface area contributed by atoms with Crippen molar-refractivity contribution in [2.45, 2.75) is 44.6 Å². The fraction of sp³-hybridized carbons (Fsp3) is 0.529. The summed E-state index contributed by atoms with van der Waals surface area (Å²) in [5.74, 6) is 0.767. The molecular weight excluding hydrogens is 294 g/mol. The molecule has 1 aromatic carbocycles. The first-order valence-corrected chi connectivity index (χ1v) is 8.92. The molecule has 3 rings (SSSR count). The summed E-state index contributed by atoms with van der Waals surface area (Å²) in [4.78, 5) is 16.5. The number of para-hydroxylation sites is 1. The van der Waals surface area contributed by atoms with Gasteiger partial charge in [0, 0.05) is 19.0 Å². The number of benzene rings is 1. The molecule has 2 aromatic rings. The summed E-state index contributed by atoms with van der Waals surface area (Å²) in [6.07, 6.45) is 5.87. The van der Waals surface area contributed by atoms with Gasteiger partial charge in [0.05, 0.1) is 15.2 Å². The Morgan fingerprint density at radius 1 is 1.36 bits per heavy atom. The second-order valence-corrected chi connectivity index (χ2v) is 7.14. The summed E-state index contributed by atoms with van der Waals surface area (Å²) >= 11 is 1.75. The number of hydrogen-bond acceptors (Lipinski definition) is 4. The third-order valence-corrected chi connectivity index (χ3v) is 5.27. The number of unbranched alkanes of at least 4 members (excludes halogenated alkanes) is 1. The van der Waals surface area contributed by atoms with Crippen molar-refractivity contribution >= 4 is 27.5 Å². The van der Waals surface area contributed by atoms with E-state index in [1.165, 1.54) is 22.5 Å². The minimum atomic E-state index is 0.145. The van der Waals surface area contributed by atoms with E-state index in [4.69, 9.17) is 5.73 Å². The number of carbonyl (C=O) groups is 1. The minimum Gasteiger partial charge on any atom is -0.352 e. The summed E-state index contributed by atoms with van der Waals surface area (Å²) in [6.45, 7) is 0.558. The molecule has 1 fully saturated rings. The number of thiazole rings is 1. The van der Waals surface area contributed by atoms with Gasteiger partial charge in [-0.2, -0.15) is 0 Å². The van der Waals surface area contributed by atoms with Gasteiger partial charge in [-0.25, -0.2) is 4.98 Å². The van der Waals surface area contributed by atoms with E-state index >= 15 is 0 Å². The first kappa shape index (κ1) is 15.4. The highest BCUT2D eigenvalue weighted by atomic mass is 32.1. The zero-order valence-corrected chi connectivity index (χ0v) is 13.6. The Bertz CT molecular complexity index is 603. The molecule has 1 aliphatic carbocycles. The van der Waals surface area contributed by atoms with Crippen molar-refractivity contribution in [3.05, 3.63) is 29.3 Å². The average molecular weight is 317 g/mol. The molecular formula is C17H23N3OS. The second-order valence-electron chi connectivity index (χ2n) is 6.03. The van der Waals surface area contributed by atoms with Crippen LogP contribution in [0.3, 0.4) is 0 Å². The van der Waals surface area contributed by atoms with E-state index in [1.807, 2.05) is 18.2 Å². The van der Waals surface area contributed by atoms with Crippen molar-refractivity contribution in [3.63, 3.8) is 0 Å². The molecule has 1 aliphatic rings. The molecule has 0 aliphatic heterocycles. The number of hydrogen-bond donors (Lipinski definition) is 2. The standard InChI is InChI=1S/C17H23N3OS/c18-11-14(12-9-10-12)19-16(21)7-3-4-8-17-20-13-5-1-2-6-15(13)22-17/h1-2,5-6,12,14H,3-4,7-11,18H2,(H,19,21). The van der Waals surface area contributed by atoms with Gasteiger partial charge in [-0.15, -0.1) is 11.3 Å². The first-order chi connectivity index (χ1) is 10.8. The highest BCUT2D eigenvalue weighted by Gasteiger charge is 2.30. The lowest BCUT2D eigenvalue weighted by Crippen LogP contribution is -2.41. The maximum absolute atomic E-state index is 11.9. The smallest absolute Gasteiger partial charge is 0.220 e. The lowest BCUT2D eigenvalue weighted by molar-refractivity contribution is -0.122. The van der Waals surface area contributed by atoms with E-state index in [2.05, 4.69) is 16.4 Å². The second kappa shape index (κ2) is 7.20. The van der Waals surface area contributed by atoms with Crippen molar-refractivity contribution < 1.29 is 4.79 Å². The first-order valence-electron chi connectivity index (χ1n) is 8.10. The molecule has 1 amide bonds. The maximum atomic E-state index is 11.9. The summed E-state index contributed by atoms with van der Waals surface area (Å²) < 4.78 is 1.24. The third-order valence-electron chi connectivity index (χ3n) is 4.17. The van der Waals surface area contributed by atoms with Crippen LogP contribution in [-0.4, -0.2) is 23.5 Å². The van der Waals surface area contributed by atoms with Crippen LogP contribution in [0.2, 0.25) is 0 Å². The van der Waals surface area contributed by atoms with Gasteiger partial charge in [-0.3, -0.25) is 4.79 Å². The number of nitrogens with two attached hydrogens (primary N) is 1. The van der Waals surface area contributed by atoms with Gasteiger partial charge in [0.25, 0.3) is 0 Å². The van der Waals surface area contributed by atoms with Crippen LogP contribution in [0.15, 0.2) is 24.3 Å². The fourth-order valence-electron chi connectivity index (χ4n) is 2.74. The van der Waals surface area contributed by atoms with E-state index in [0.29, 0.717) is 18.9 Å². The third kappa shape index (κ3) is 4.05. The predicted octanol–water partition coefficient (Wildman–Crippen LogP) is 2.86. The van der Waals surface area contributed by atoms with Crippen molar-refractivity contribution in [2.24, 2.45) is 11.7 Å². The fourth-order valence-corrected chi connectivity index (χ4v) is 3.74. The quantitative estimate of drug-likeness (QED) is 0.736. The van der Waals surface area contributed by atoms with E-state index in [0.717, 1.165) is 24.8 Å². The summed E-state index contributed by atoms with van der Waals surface area (Å²) in [7, 11) is 0. The molecule has 0 saturated heterocycles. The van der Waals surface area contributed by atoms with Crippen LogP contribution in [0.25, 0.3) is 10.2 Å². The molecule has 3 N–H and O–H groups in total. The van der Waals surface area contributed by atoms with Crippen LogP contribution in [-0.2, 0) is 11.2 Å². The van der Waals surface area contributed by atoms with Crippen LogP contribution in [0, 0.1) is 5.92 Å². The maximum Gasteiger partial charge on any atom is 0.220 e. The molecule has 1 saturated carbocycles. The highest BCUT2D eigenvalue weighted by Crippen LogP contribution is 2.32. The Labute approximate surface area is 135 Å². The van der Waals surface area contributed by atoms with Crippen LogP contribution in [0.5, 0.6) is 0 Å². The molecule has 118 valence electrons. The monoisotopic (exact) mass is 317 g/mol. The number of carbonyl (C=O) groups excluding carboxylic acids is 1. The number of aromatic nitrogens is 1. The van der Waals surface area contributed by atoms with E-state index < -0.39 is 0 Å². The Balaban J connectivity index is 1.38.